The van der Waals surface area contributed by atoms with Gasteiger partial charge in [0.2, 0.25) is 10.0 Å². The standard InChI is InChI=1S/C22H24N4O3S/c1-14(2)17-5-7-18(8-6-17)22(27)25-19-9-11-20(12-10-19)30(28,29)26-21-13-15(3)23-16(4)24-21/h5-14H,1-4H3,(H2,23,24,25,26,27)/p-1. The van der Waals surface area contributed by atoms with Crippen molar-refractivity contribution < 1.29 is 13.2 Å². The van der Waals surface area contributed by atoms with Gasteiger partial charge in [-0.05, 0) is 73.6 Å². The zero-order valence-electron chi connectivity index (χ0n) is 17.2. The Hall–Kier alpha value is -3.26. The van der Waals surface area contributed by atoms with E-state index in [0.717, 1.165) is 5.56 Å². The molecule has 1 heterocycles. The van der Waals surface area contributed by atoms with Gasteiger partial charge in [-0.15, -0.1) is 0 Å². The van der Waals surface area contributed by atoms with Crippen molar-refractivity contribution >= 4 is 27.4 Å². The van der Waals surface area contributed by atoms with Crippen LogP contribution in [0.4, 0.5) is 11.5 Å². The summed E-state index contributed by atoms with van der Waals surface area (Å²) in [6.45, 7) is 7.59. The molecule has 0 bridgehead atoms. The quantitative estimate of drug-likeness (QED) is 0.610. The zero-order valence-corrected chi connectivity index (χ0v) is 18.1. The van der Waals surface area contributed by atoms with Crippen LogP contribution in [0.5, 0.6) is 0 Å². The molecule has 0 spiro atoms. The van der Waals surface area contributed by atoms with Gasteiger partial charge in [-0.2, -0.15) is 0 Å². The van der Waals surface area contributed by atoms with E-state index < -0.39 is 10.0 Å². The number of benzene rings is 2. The fourth-order valence-corrected chi connectivity index (χ4v) is 3.78. The number of nitrogens with one attached hydrogen (secondary N) is 1. The van der Waals surface area contributed by atoms with Gasteiger partial charge in [-0.3, -0.25) is 9.78 Å². The molecule has 1 amide bonds. The molecule has 3 aromatic rings. The normalized spacial score (nSPS) is 11.4. The average molecular weight is 424 g/mol. The summed E-state index contributed by atoms with van der Waals surface area (Å²) < 4.78 is 28.9. The van der Waals surface area contributed by atoms with Gasteiger partial charge >= 0.3 is 0 Å². The number of hydrogen-bond acceptors (Lipinski definition) is 5. The topological polar surface area (TPSA) is 103 Å². The van der Waals surface area contributed by atoms with Gasteiger partial charge in [0.1, 0.15) is 0 Å². The molecule has 0 unspecified atom stereocenters. The van der Waals surface area contributed by atoms with Crippen LogP contribution < -0.4 is 5.32 Å². The second-order valence-electron chi connectivity index (χ2n) is 7.24. The number of amides is 1. The highest BCUT2D eigenvalue weighted by molar-refractivity contribution is 7.94. The van der Waals surface area contributed by atoms with Gasteiger partial charge in [0.25, 0.3) is 5.91 Å². The van der Waals surface area contributed by atoms with Crippen molar-refractivity contribution in [1.29, 1.82) is 0 Å². The highest BCUT2D eigenvalue weighted by atomic mass is 32.2. The highest BCUT2D eigenvalue weighted by Gasteiger charge is 2.12. The predicted octanol–water partition coefficient (Wildman–Crippen LogP) is 4.86. The molecule has 0 saturated heterocycles. The van der Waals surface area contributed by atoms with Crippen molar-refractivity contribution in [3.05, 3.63) is 82.0 Å². The number of anilines is 1. The Bertz CT molecular complexity index is 1140. The molecule has 0 radical (unpaired) electrons. The maximum Gasteiger partial charge on any atom is 0.255 e. The largest absolute Gasteiger partial charge is 0.423 e. The summed E-state index contributed by atoms with van der Waals surface area (Å²) in [6.07, 6.45) is 0. The molecule has 0 saturated carbocycles. The molecule has 3 rings (SSSR count). The summed E-state index contributed by atoms with van der Waals surface area (Å²) in [7, 11) is -3.94. The van der Waals surface area contributed by atoms with Gasteiger partial charge in [0.05, 0.1) is 4.90 Å². The number of rotatable bonds is 6. The van der Waals surface area contributed by atoms with E-state index in [1.807, 2.05) is 12.1 Å². The lowest BCUT2D eigenvalue weighted by Crippen LogP contribution is -2.12. The Morgan fingerprint density at radius 2 is 1.60 bits per heavy atom. The molecule has 0 aliphatic heterocycles. The molecule has 30 heavy (non-hydrogen) atoms. The predicted molar refractivity (Wildman–Crippen MR) is 117 cm³/mol. The molecule has 0 fully saturated rings. The first-order valence-corrected chi connectivity index (χ1v) is 10.9. The number of carbonyl (C=O) groups is 1. The fraction of sp³-hybridized carbons (Fsp3) is 0.227. The van der Waals surface area contributed by atoms with E-state index >= 15 is 0 Å². The molecule has 0 aliphatic rings. The third-order valence-corrected chi connectivity index (χ3v) is 5.71. The van der Waals surface area contributed by atoms with Crippen LogP contribution in [0.3, 0.4) is 0 Å². The van der Waals surface area contributed by atoms with Crippen LogP contribution in [0.2, 0.25) is 0 Å². The fourth-order valence-electron chi connectivity index (χ4n) is 2.85. The lowest BCUT2D eigenvalue weighted by Gasteiger charge is -2.17. The first kappa shape index (κ1) is 21.4. The Morgan fingerprint density at radius 1 is 0.967 bits per heavy atom. The van der Waals surface area contributed by atoms with E-state index in [-0.39, 0.29) is 16.6 Å². The first-order valence-electron chi connectivity index (χ1n) is 9.46. The van der Waals surface area contributed by atoms with E-state index in [9.17, 15) is 13.2 Å². The molecule has 156 valence electrons. The number of sulfonamides is 1. The average Bonchev–Trinajstić information content (AvgIpc) is 2.67. The highest BCUT2D eigenvalue weighted by Crippen LogP contribution is 2.27. The van der Waals surface area contributed by atoms with Gasteiger partial charge < -0.3 is 15.0 Å². The number of aromatic nitrogens is 2. The van der Waals surface area contributed by atoms with Gasteiger partial charge in [0.15, 0.2) is 0 Å². The molecular formula is C22H23N4O3S-. The van der Waals surface area contributed by atoms with E-state index in [1.54, 1.807) is 26.0 Å². The Balaban J connectivity index is 1.71. The summed E-state index contributed by atoms with van der Waals surface area (Å²) in [6, 6.07) is 14.7. The molecular weight excluding hydrogens is 400 g/mol. The Kier molecular flexibility index (Phi) is 6.17. The van der Waals surface area contributed by atoms with Crippen molar-refractivity contribution in [2.24, 2.45) is 0 Å². The molecule has 0 atom stereocenters. The first-order chi connectivity index (χ1) is 14.1. The van der Waals surface area contributed by atoms with Gasteiger partial charge in [-0.25, -0.2) is 8.42 Å². The Labute approximate surface area is 176 Å². The summed E-state index contributed by atoms with van der Waals surface area (Å²) in [5, 5.41) is 2.77. The van der Waals surface area contributed by atoms with E-state index in [2.05, 4.69) is 33.9 Å². The third-order valence-electron chi connectivity index (χ3n) is 4.42. The smallest absolute Gasteiger partial charge is 0.255 e. The lowest BCUT2D eigenvalue weighted by molar-refractivity contribution is 0.102. The molecule has 1 aromatic heterocycles. The summed E-state index contributed by atoms with van der Waals surface area (Å²) >= 11 is 0. The second kappa shape index (κ2) is 8.62. The SMILES string of the molecule is Cc1cc([N-]S(=O)(=O)c2ccc(NC(=O)c3ccc(C(C)C)cc3)cc2)nc(C)n1. The maximum atomic E-state index is 12.6. The summed E-state index contributed by atoms with van der Waals surface area (Å²) in [4.78, 5) is 20.6. The minimum Gasteiger partial charge on any atom is -0.423 e. The van der Waals surface area contributed by atoms with Crippen LogP contribution in [-0.2, 0) is 10.0 Å². The van der Waals surface area contributed by atoms with Crippen LogP contribution >= 0.6 is 0 Å². The molecule has 2 aromatic carbocycles. The maximum absolute atomic E-state index is 12.6. The Morgan fingerprint density at radius 3 is 2.17 bits per heavy atom. The molecule has 0 aliphatic carbocycles. The lowest BCUT2D eigenvalue weighted by atomic mass is 10.0. The van der Waals surface area contributed by atoms with Crippen LogP contribution in [0.1, 0.15) is 47.2 Å². The van der Waals surface area contributed by atoms with E-state index in [4.69, 9.17) is 0 Å². The second-order valence-corrected chi connectivity index (χ2v) is 8.84. The van der Waals surface area contributed by atoms with Gasteiger partial charge in [-0.1, -0.05) is 26.0 Å². The van der Waals surface area contributed by atoms with Crippen LogP contribution in [0, 0.1) is 13.8 Å². The summed E-state index contributed by atoms with van der Waals surface area (Å²) in [5.74, 6) is 0.653. The molecule has 8 heteroatoms. The van der Waals surface area contributed by atoms with Crippen molar-refractivity contribution in [2.45, 2.75) is 38.5 Å². The third kappa shape index (κ3) is 5.21. The van der Waals surface area contributed by atoms with Crippen molar-refractivity contribution in [3.8, 4) is 0 Å². The zero-order chi connectivity index (χ0) is 21.9. The van der Waals surface area contributed by atoms with Crippen LogP contribution in [0.15, 0.2) is 59.5 Å². The monoisotopic (exact) mass is 423 g/mol. The number of carbonyl (C=O) groups excluding carboxylic acids is 1. The number of nitrogens with zero attached hydrogens (tertiary/aromatic N) is 3. The van der Waals surface area contributed by atoms with Crippen molar-refractivity contribution in [3.63, 3.8) is 0 Å². The molecule has 7 nitrogen and oxygen atoms in total. The van der Waals surface area contributed by atoms with E-state index in [1.165, 1.54) is 30.3 Å². The van der Waals surface area contributed by atoms with Crippen molar-refractivity contribution in [1.82, 2.24) is 9.97 Å². The minimum absolute atomic E-state index is 0.00991. The minimum atomic E-state index is -3.94. The summed E-state index contributed by atoms with van der Waals surface area (Å²) in [5.41, 5.74) is 2.80. The van der Waals surface area contributed by atoms with Crippen LogP contribution in [-0.4, -0.2) is 24.3 Å². The molecule has 1 N–H and O–H groups in total. The van der Waals surface area contributed by atoms with Crippen LogP contribution in [0.25, 0.3) is 4.72 Å². The van der Waals surface area contributed by atoms with Crippen molar-refractivity contribution in [2.75, 3.05) is 5.32 Å². The number of aryl methyl sites for hydroxylation is 2. The number of hydrogen-bond donors (Lipinski definition) is 1. The van der Waals surface area contributed by atoms with E-state index in [0.29, 0.717) is 28.7 Å². The van der Waals surface area contributed by atoms with Gasteiger partial charge in [0, 0.05) is 22.8 Å².